The van der Waals surface area contributed by atoms with Crippen molar-refractivity contribution >= 4 is 17.6 Å². The molecule has 1 saturated heterocycles. The van der Waals surface area contributed by atoms with Gasteiger partial charge >= 0.3 is 0 Å². The first-order chi connectivity index (χ1) is 14.1. The monoisotopic (exact) mass is 391 g/mol. The normalized spacial score (nSPS) is 16.1. The van der Waals surface area contributed by atoms with Crippen LogP contribution in [-0.4, -0.2) is 57.2 Å². The number of hydrogen-bond donors (Lipinski definition) is 1. The largest absolute Gasteiger partial charge is 0.378 e. The number of carbonyl (C=O) groups is 1. The van der Waals surface area contributed by atoms with Gasteiger partial charge in [0.1, 0.15) is 0 Å². The van der Waals surface area contributed by atoms with Gasteiger partial charge in [-0.25, -0.2) is 4.98 Å². The van der Waals surface area contributed by atoms with Crippen LogP contribution in [0.4, 0.5) is 0 Å². The van der Waals surface area contributed by atoms with Crippen LogP contribution in [-0.2, 0) is 11.2 Å². The average Bonchev–Trinajstić information content (AvgIpc) is 3.45. The molecule has 0 unspecified atom stereocenters. The summed E-state index contributed by atoms with van der Waals surface area (Å²) in [5.74, 6) is 1.48. The van der Waals surface area contributed by atoms with Crippen molar-refractivity contribution in [3.05, 3.63) is 52.6 Å². The van der Waals surface area contributed by atoms with E-state index in [9.17, 15) is 4.79 Å². The summed E-state index contributed by atoms with van der Waals surface area (Å²) in [7, 11) is 0. The van der Waals surface area contributed by atoms with Gasteiger partial charge in [-0.1, -0.05) is 17.3 Å². The molecule has 1 aromatic carbocycles. The molecule has 1 fully saturated rings. The van der Waals surface area contributed by atoms with Gasteiger partial charge in [-0.3, -0.25) is 4.79 Å². The van der Waals surface area contributed by atoms with Gasteiger partial charge < -0.3 is 19.1 Å². The van der Waals surface area contributed by atoms with Crippen molar-refractivity contribution in [1.29, 1.82) is 0 Å². The lowest BCUT2D eigenvalue weighted by Crippen LogP contribution is -2.41. The third-order valence-electron chi connectivity index (χ3n) is 5.32. The van der Waals surface area contributed by atoms with Crippen LogP contribution in [0.1, 0.15) is 39.2 Å². The number of amides is 1. The predicted octanol–water partition coefficient (Wildman–Crippen LogP) is 2.65. The van der Waals surface area contributed by atoms with E-state index in [1.54, 1.807) is 4.90 Å². The Morgan fingerprint density at radius 2 is 2.00 bits per heavy atom. The molecule has 8 nitrogen and oxygen atoms in total. The Balaban J connectivity index is 1.43. The number of aryl methyl sites for hydroxylation is 2. The molecule has 0 bridgehead atoms. The minimum atomic E-state index is -0.0854. The number of H-pyrrole nitrogens is 1. The quantitative estimate of drug-likeness (QED) is 0.737. The average molecular weight is 391 g/mol. The van der Waals surface area contributed by atoms with Crippen molar-refractivity contribution in [1.82, 2.24) is 25.0 Å². The molecular weight excluding hydrogens is 370 g/mol. The van der Waals surface area contributed by atoms with Gasteiger partial charge in [0, 0.05) is 36.3 Å². The van der Waals surface area contributed by atoms with Crippen molar-refractivity contribution in [3.8, 4) is 11.3 Å². The van der Waals surface area contributed by atoms with Crippen molar-refractivity contribution in [2.75, 3.05) is 26.3 Å². The number of aromatic amines is 1. The highest BCUT2D eigenvalue weighted by atomic mass is 16.5. The van der Waals surface area contributed by atoms with Crippen molar-refractivity contribution < 1.29 is 14.1 Å². The number of ether oxygens (including phenoxy) is 1. The van der Waals surface area contributed by atoms with Crippen molar-refractivity contribution in [3.63, 3.8) is 0 Å². The van der Waals surface area contributed by atoms with Crippen LogP contribution in [0, 0.1) is 13.8 Å². The van der Waals surface area contributed by atoms with Crippen LogP contribution >= 0.6 is 0 Å². The first-order valence-electron chi connectivity index (χ1n) is 9.66. The second-order valence-electron chi connectivity index (χ2n) is 7.37. The van der Waals surface area contributed by atoms with E-state index in [2.05, 4.69) is 38.3 Å². The van der Waals surface area contributed by atoms with Crippen molar-refractivity contribution in [2.45, 2.75) is 20.3 Å². The fourth-order valence-corrected chi connectivity index (χ4v) is 3.81. The number of allylic oxidation sites excluding steroid dienone is 1. The minimum Gasteiger partial charge on any atom is -0.378 e. The number of aromatic nitrogens is 4. The van der Waals surface area contributed by atoms with Crippen LogP contribution in [0.5, 0.6) is 0 Å². The molecule has 8 heteroatoms. The van der Waals surface area contributed by atoms with Gasteiger partial charge in [0.15, 0.2) is 11.6 Å². The molecule has 29 heavy (non-hydrogen) atoms. The van der Waals surface area contributed by atoms with Crippen molar-refractivity contribution in [2.24, 2.45) is 0 Å². The summed E-state index contributed by atoms with van der Waals surface area (Å²) in [5.41, 5.74) is 5.96. The smallest absolute Gasteiger partial charge is 0.289 e. The molecule has 2 aliphatic rings. The molecule has 0 atom stereocenters. The Bertz CT molecular complexity index is 1120. The lowest BCUT2D eigenvalue weighted by Gasteiger charge is -2.25. The van der Waals surface area contributed by atoms with Gasteiger partial charge in [-0.2, -0.15) is 4.98 Å². The molecule has 1 amide bonds. The second-order valence-corrected chi connectivity index (χ2v) is 7.37. The molecule has 5 rings (SSSR count). The maximum absolute atomic E-state index is 12.7. The first kappa shape index (κ1) is 17.8. The molecular formula is C21H21N5O3. The molecule has 3 heterocycles. The fourth-order valence-electron chi connectivity index (χ4n) is 3.81. The van der Waals surface area contributed by atoms with Crippen LogP contribution < -0.4 is 0 Å². The molecule has 1 N–H and O–H groups in total. The van der Waals surface area contributed by atoms with E-state index in [0.717, 1.165) is 34.5 Å². The third-order valence-corrected chi connectivity index (χ3v) is 5.32. The molecule has 1 aliphatic carbocycles. The third kappa shape index (κ3) is 3.25. The summed E-state index contributed by atoms with van der Waals surface area (Å²) in [6.45, 7) is 6.07. The molecule has 0 radical (unpaired) electrons. The molecule has 3 aromatic rings. The molecule has 0 spiro atoms. The number of fused-ring (bicyclic) bond motifs is 1. The number of nitrogens with zero attached hydrogens (tertiary/aromatic N) is 4. The number of nitrogens with one attached hydrogen (secondary N) is 1. The van der Waals surface area contributed by atoms with Gasteiger partial charge in [0.05, 0.1) is 18.9 Å². The molecule has 0 saturated carbocycles. The first-order valence-corrected chi connectivity index (χ1v) is 9.66. The molecule has 1 aliphatic heterocycles. The van der Waals surface area contributed by atoms with E-state index < -0.39 is 0 Å². The predicted molar refractivity (Wildman–Crippen MR) is 106 cm³/mol. The summed E-state index contributed by atoms with van der Waals surface area (Å²) in [6, 6.07) is 6.23. The lowest BCUT2D eigenvalue weighted by molar-refractivity contribution is 0.0295. The van der Waals surface area contributed by atoms with Crippen LogP contribution in [0.25, 0.3) is 22.9 Å². The zero-order chi connectivity index (χ0) is 20.0. The number of hydrogen-bond acceptors (Lipinski definition) is 6. The fraction of sp³-hybridized carbons (Fsp3) is 0.333. The lowest BCUT2D eigenvalue weighted by atomic mass is 10.0. The highest BCUT2D eigenvalue weighted by molar-refractivity contribution is 5.92. The number of morpholine rings is 1. The topological polar surface area (TPSA) is 97.1 Å². The van der Waals surface area contributed by atoms with E-state index >= 15 is 0 Å². The van der Waals surface area contributed by atoms with E-state index in [-0.39, 0.29) is 5.91 Å². The SMILES string of the molecule is Cc1noc(C2=Cc3cc(-c4nc(C(=O)N5CCOCC5)[nH]c4C)ccc3C2)n1. The molecule has 148 valence electrons. The zero-order valence-corrected chi connectivity index (χ0v) is 16.4. The number of benzene rings is 1. The summed E-state index contributed by atoms with van der Waals surface area (Å²) in [5, 5.41) is 3.87. The van der Waals surface area contributed by atoms with E-state index in [4.69, 9.17) is 9.26 Å². The Morgan fingerprint density at radius 1 is 1.17 bits per heavy atom. The van der Waals surface area contributed by atoms with Crippen LogP contribution in [0.2, 0.25) is 0 Å². The highest BCUT2D eigenvalue weighted by Gasteiger charge is 2.24. The van der Waals surface area contributed by atoms with Gasteiger partial charge in [0.25, 0.3) is 11.8 Å². The Kier molecular flexibility index (Phi) is 4.28. The van der Waals surface area contributed by atoms with E-state index in [0.29, 0.717) is 43.8 Å². The van der Waals surface area contributed by atoms with Gasteiger partial charge in [0.2, 0.25) is 0 Å². The second kappa shape index (κ2) is 6.97. The summed E-state index contributed by atoms with van der Waals surface area (Å²) in [6.07, 6.45) is 2.84. The summed E-state index contributed by atoms with van der Waals surface area (Å²) >= 11 is 0. The number of carbonyl (C=O) groups excluding carboxylic acids is 1. The zero-order valence-electron chi connectivity index (χ0n) is 16.4. The molecule has 2 aromatic heterocycles. The highest BCUT2D eigenvalue weighted by Crippen LogP contribution is 2.34. The maximum atomic E-state index is 12.7. The standard InChI is InChI=1S/C21H21N5O3/c1-12-18(24-19(22-12)21(27)26-5-7-28-8-6-26)15-4-3-14-9-17(11-16(14)10-15)20-23-13(2)25-29-20/h3-4,10-11H,5-9H2,1-2H3,(H,22,24). The number of imidazole rings is 1. The minimum absolute atomic E-state index is 0.0854. The summed E-state index contributed by atoms with van der Waals surface area (Å²) in [4.78, 5) is 26.6. The maximum Gasteiger partial charge on any atom is 0.289 e. The van der Waals surface area contributed by atoms with Crippen LogP contribution in [0.15, 0.2) is 22.7 Å². The Labute approximate surface area is 167 Å². The van der Waals surface area contributed by atoms with Gasteiger partial charge in [-0.05, 0) is 37.1 Å². The van der Waals surface area contributed by atoms with E-state index in [1.165, 1.54) is 5.56 Å². The van der Waals surface area contributed by atoms with E-state index in [1.807, 2.05) is 19.9 Å². The van der Waals surface area contributed by atoms with Gasteiger partial charge in [-0.15, -0.1) is 0 Å². The Hall–Kier alpha value is -3.26. The Morgan fingerprint density at radius 3 is 2.76 bits per heavy atom. The summed E-state index contributed by atoms with van der Waals surface area (Å²) < 4.78 is 10.6. The number of rotatable bonds is 3. The van der Waals surface area contributed by atoms with Crippen LogP contribution in [0.3, 0.4) is 0 Å².